The molecule has 0 bridgehead atoms. The molecule has 0 aromatic carbocycles. The van der Waals surface area contributed by atoms with E-state index < -0.39 is 22.8 Å². The average Bonchev–Trinajstić information content (AvgIpc) is 2.95. The molecule has 0 spiro atoms. The Morgan fingerprint density at radius 1 is 1.55 bits per heavy atom. The van der Waals surface area contributed by atoms with Crippen LogP contribution in [0.3, 0.4) is 0 Å². The third kappa shape index (κ3) is 2.21. The van der Waals surface area contributed by atoms with Crippen molar-refractivity contribution in [2.45, 2.75) is 18.9 Å². The van der Waals surface area contributed by atoms with Gasteiger partial charge in [-0.15, -0.1) is 0 Å². The van der Waals surface area contributed by atoms with Crippen LogP contribution in [0.4, 0.5) is 10.2 Å². The molecule has 8 heteroatoms. The number of aliphatic hydroxyl groups excluding tert-OH is 1. The molecule has 0 radical (unpaired) electrons. The summed E-state index contributed by atoms with van der Waals surface area (Å²) in [6.45, 7) is 0.464. The van der Waals surface area contributed by atoms with Gasteiger partial charge in [0.25, 0.3) is 0 Å². The van der Waals surface area contributed by atoms with Crippen molar-refractivity contribution in [1.82, 2.24) is 9.97 Å². The van der Waals surface area contributed by atoms with E-state index in [2.05, 4.69) is 9.97 Å². The van der Waals surface area contributed by atoms with Crippen molar-refractivity contribution >= 4 is 22.8 Å². The molecule has 116 valence electrons. The minimum absolute atomic E-state index is 0.0581. The largest absolute Gasteiger partial charge is 0.477 e. The number of pyridine rings is 2. The standard InChI is InChI=1S/C14H14FN3O4/c15-10-4-8-11(20)9(14(21)22)5-16-12(8)17-13(10)18-3-1-2-7(18)6-19/h4-5,7,19H,1-3,6H2,(H,21,22)(H,16,17,20)/t7-/m0/s1. The first-order valence-electron chi connectivity index (χ1n) is 6.85. The van der Waals surface area contributed by atoms with Gasteiger partial charge in [0.15, 0.2) is 11.6 Å². The van der Waals surface area contributed by atoms with Crippen molar-refractivity contribution in [1.29, 1.82) is 0 Å². The maximum Gasteiger partial charge on any atom is 0.341 e. The zero-order valence-electron chi connectivity index (χ0n) is 11.5. The van der Waals surface area contributed by atoms with Crippen LogP contribution < -0.4 is 10.3 Å². The Bertz CT molecular complexity index is 805. The fourth-order valence-electron chi connectivity index (χ4n) is 2.78. The van der Waals surface area contributed by atoms with Gasteiger partial charge in [-0.2, -0.15) is 0 Å². The van der Waals surface area contributed by atoms with Gasteiger partial charge in [-0.25, -0.2) is 14.2 Å². The second-order valence-corrected chi connectivity index (χ2v) is 5.20. The maximum atomic E-state index is 14.3. The second-order valence-electron chi connectivity index (χ2n) is 5.20. The highest BCUT2D eigenvalue weighted by atomic mass is 19.1. The van der Waals surface area contributed by atoms with E-state index in [-0.39, 0.29) is 29.5 Å². The summed E-state index contributed by atoms with van der Waals surface area (Å²) >= 11 is 0. The topological polar surface area (TPSA) is 107 Å². The lowest BCUT2D eigenvalue weighted by Gasteiger charge is -2.24. The molecule has 22 heavy (non-hydrogen) atoms. The van der Waals surface area contributed by atoms with E-state index in [4.69, 9.17) is 5.11 Å². The van der Waals surface area contributed by atoms with Crippen molar-refractivity contribution in [3.05, 3.63) is 33.9 Å². The van der Waals surface area contributed by atoms with E-state index in [0.29, 0.717) is 6.54 Å². The van der Waals surface area contributed by atoms with Gasteiger partial charge in [0, 0.05) is 12.7 Å². The molecule has 1 aliphatic heterocycles. The van der Waals surface area contributed by atoms with Crippen LogP contribution in [-0.2, 0) is 0 Å². The van der Waals surface area contributed by atoms with Gasteiger partial charge in [0.1, 0.15) is 11.2 Å². The number of nitrogens with one attached hydrogen (secondary N) is 1. The van der Waals surface area contributed by atoms with Gasteiger partial charge < -0.3 is 20.1 Å². The fourth-order valence-corrected chi connectivity index (χ4v) is 2.78. The molecule has 1 saturated heterocycles. The number of carboxylic acids is 1. The molecule has 7 nitrogen and oxygen atoms in total. The number of aromatic nitrogens is 2. The average molecular weight is 307 g/mol. The molecule has 2 aromatic rings. The number of aromatic amines is 1. The zero-order chi connectivity index (χ0) is 15.9. The lowest BCUT2D eigenvalue weighted by Crippen LogP contribution is -2.33. The molecule has 3 heterocycles. The quantitative estimate of drug-likeness (QED) is 0.771. The monoisotopic (exact) mass is 307 g/mol. The molecule has 0 unspecified atom stereocenters. The molecule has 1 atom stereocenters. The number of carboxylic acid groups (broad SMARTS) is 1. The number of fused-ring (bicyclic) bond motifs is 1. The smallest absolute Gasteiger partial charge is 0.341 e. The number of hydrogen-bond acceptors (Lipinski definition) is 5. The highest BCUT2D eigenvalue weighted by Crippen LogP contribution is 2.27. The third-order valence-corrected chi connectivity index (χ3v) is 3.89. The van der Waals surface area contributed by atoms with Crippen LogP contribution in [0.1, 0.15) is 23.2 Å². The molecular weight excluding hydrogens is 293 g/mol. The number of aliphatic hydroxyl groups is 1. The number of hydrogen-bond donors (Lipinski definition) is 3. The van der Waals surface area contributed by atoms with Crippen molar-refractivity contribution in [2.24, 2.45) is 0 Å². The summed E-state index contributed by atoms with van der Waals surface area (Å²) < 4.78 is 14.3. The number of halogens is 1. The predicted octanol–water partition coefficient (Wildman–Crippen LogP) is 0.721. The van der Waals surface area contributed by atoms with Gasteiger partial charge in [-0.1, -0.05) is 0 Å². The Morgan fingerprint density at radius 3 is 3.00 bits per heavy atom. The van der Waals surface area contributed by atoms with Crippen LogP contribution >= 0.6 is 0 Å². The number of carbonyl (C=O) groups is 1. The predicted molar refractivity (Wildman–Crippen MR) is 76.7 cm³/mol. The van der Waals surface area contributed by atoms with Gasteiger partial charge in [-0.3, -0.25) is 4.79 Å². The molecule has 1 fully saturated rings. The molecule has 0 amide bonds. The van der Waals surface area contributed by atoms with Crippen molar-refractivity contribution < 1.29 is 19.4 Å². The van der Waals surface area contributed by atoms with E-state index in [1.54, 1.807) is 4.90 Å². The van der Waals surface area contributed by atoms with Crippen LogP contribution in [0.5, 0.6) is 0 Å². The van der Waals surface area contributed by atoms with E-state index in [1.807, 2.05) is 0 Å². The highest BCUT2D eigenvalue weighted by Gasteiger charge is 2.28. The van der Waals surface area contributed by atoms with E-state index in [9.17, 15) is 19.1 Å². The normalized spacial score (nSPS) is 18.1. The van der Waals surface area contributed by atoms with Gasteiger partial charge >= 0.3 is 5.97 Å². The van der Waals surface area contributed by atoms with E-state index >= 15 is 0 Å². The summed E-state index contributed by atoms with van der Waals surface area (Å²) in [5, 5.41) is 18.1. The lowest BCUT2D eigenvalue weighted by molar-refractivity contribution is 0.0695. The molecule has 2 aromatic heterocycles. The molecule has 0 aliphatic carbocycles. The molecular formula is C14H14FN3O4. The minimum Gasteiger partial charge on any atom is -0.477 e. The summed E-state index contributed by atoms with van der Waals surface area (Å²) in [5.74, 6) is -2.03. The Labute approximate surface area is 124 Å². The Balaban J connectivity index is 2.16. The van der Waals surface area contributed by atoms with Gasteiger partial charge in [0.2, 0.25) is 5.43 Å². The number of anilines is 1. The summed E-state index contributed by atoms with van der Waals surface area (Å²) in [6, 6.07) is 0.792. The number of rotatable bonds is 3. The van der Waals surface area contributed by atoms with Crippen LogP contribution in [0.25, 0.3) is 11.0 Å². The van der Waals surface area contributed by atoms with Gasteiger partial charge in [-0.05, 0) is 18.9 Å². The van der Waals surface area contributed by atoms with E-state index in [1.165, 1.54) is 0 Å². The highest BCUT2D eigenvalue weighted by molar-refractivity contribution is 5.91. The summed E-state index contributed by atoms with van der Waals surface area (Å²) in [5.41, 5.74) is -1.12. The first kappa shape index (κ1) is 14.5. The van der Waals surface area contributed by atoms with Crippen LogP contribution in [0, 0.1) is 5.82 Å². The molecule has 0 saturated carbocycles. The summed E-state index contributed by atoms with van der Waals surface area (Å²) in [6.07, 6.45) is 2.61. The van der Waals surface area contributed by atoms with Crippen molar-refractivity contribution in [3.63, 3.8) is 0 Å². The fraction of sp³-hybridized carbons (Fsp3) is 0.357. The summed E-state index contributed by atoms with van der Waals surface area (Å²) in [4.78, 5) is 31.3. The van der Waals surface area contributed by atoms with Gasteiger partial charge in [0.05, 0.1) is 18.0 Å². The zero-order valence-corrected chi connectivity index (χ0v) is 11.5. The first-order valence-corrected chi connectivity index (χ1v) is 6.85. The number of aromatic carboxylic acids is 1. The van der Waals surface area contributed by atoms with Crippen molar-refractivity contribution in [3.8, 4) is 0 Å². The van der Waals surface area contributed by atoms with Crippen LogP contribution in [0.15, 0.2) is 17.1 Å². The Kier molecular flexibility index (Phi) is 3.53. The summed E-state index contributed by atoms with van der Waals surface area (Å²) in [7, 11) is 0. The Morgan fingerprint density at radius 2 is 2.32 bits per heavy atom. The van der Waals surface area contributed by atoms with Crippen LogP contribution in [-0.4, -0.2) is 45.3 Å². The SMILES string of the molecule is O=C(O)c1c[nH]c2nc(N3CCC[C@H]3CO)c(F)cc2c1=O. The molecule has 1 aliphatic rings. The minimum atomic E-state index is -1.38. The van der Waals surface area contributed by atoms with E-state index in [0.717, 1.165) is 25.1 Å². The number of H-pyrrole nitrogens is 1. The number of nitrogens with zero attached hydrogens (tertiary/aromatic N) is 2. The van der Waals surface area contributed by atoms with Crippen molar-refractivity contribution in [2.75, 3.05) is 18.1 Å². The Hall–Kier alpha value is -2.48. The molecule has 3 N–H and O–H groups in total. The first-order chi connectivity index (χ1) is 10.5. The second kappa shape index (κ2) is 5.38. The maximum absolute atomic E-state index is 14.3. The third-order valence-electron chi connectivity index (χ3n) is 3.89. The lowest BCUT2D eigenvalue weighted by atomic mass is 10.2. The van der Waals surface area contributed by atoms with Crippen LogP contribution in [0.2, 0.25) is 0 Å². The molecule has 3 rings (SSSR count).